The number of esters is 1. The molecule has 0 radical (unpaired) electrons. The minimum absolute atomic E-state index is 0.0282. The number of benzene rings is 2. The fourth-order valence-corrected chi connectivity index (χ4v) is 4.60. The zero-order valence-electron chi connectivity index (χ0n) is 16.2. The standard InChI is InChI=1S/C20H18Cl4O6/c1-4-6-7-11(21)19(28-3)14(24)16(26)17(7)30-18-10-9(8(5-2)29-20(10)27)12(22)15(25)13(18)23/h8,25-26H,4-6H2,1-3H3/t8-/m1/s1. The van der Waals surface area contributed by atoms with Crippen molar-refractivity contribution in [2.75, 3.05) is 7.11 Å². The first-order chi connectivity index (χ1) is 14.2. The summed E-state index contributed by atoms with van der Waals surface area (Å²) in [6, 6.07) is 0. The van der Waals surface area contributed by atoms with Crippen LogP contribution in [0.1, 0.15) is 54.3 Å². The summed E-state index contributed by atoms with van der Waals surface area (Å²) in [5.41, 5.74) is 0.637. The molecule has 0 unspecified atom stereocenters. The Labute approximate surface area is 193 Å². The highest BCUT2D eigenvalue weighted by Gasteiger charge is 2.40. The van der Waals surface area contributed by atoms with E-state index in [9.17, 15) is 15.0 Å². The second kappa shape index (κ2) is 8.79. The van der Waals surface area contributed by atoms with E-state index in [0.717, 1.165) is 0 Å². The summed E-state index contributed by atoms with van der Waals surface area (Å²) in [6.07, 6.45) is 0.803. The van der Waals surface area contributed by atoms with Gasteiger partial charge in [0.05, 0.1) is 17.2 Å². The summed E-state index contributed by atoms with van der Waals surface area (Å²) >= 11 is 25.1. The van der Waals surface area contributed by atoms with E-state index in [2.05, 4.69) is 0 Å². The molecular formula is C20H18Cl4O6. The van der Waals surface area contributed by atoms with Gasteiger partial charge < -0.3 is 24.4 Å². The lowest BCUT2D eigenvalue weighted by atomic mass is 10.0. The van der Waals surface area contributed by atoms with E-state index < -0.39 is 23.6 Å². The monoisotopic (exact) mass is 494 g/mol. The first-order valence-corrected chi connectivity index (χ1v) is 10.6. The number of carbonyl (C=O) groups excluding carboxylic acids is 1. The quantitative estimate of drug-likeness (QED) is 0.416. The highest BCUT2D eigenvalue weighted by atomic mass is 35.5. The number of halogens is 4. The fourth-order valence-electron chi connectivity index (χ4n) is 3.36. The summed E-state index contributed by atoms with van der Waals surface area (Å²) < 4.78 is 16.4. The Morgan fingerprint density at radius 3 is 2.13 bits per heavy atom. The maximum Gasteiger partial charge on any atom is 0.343 e. The molecule has 0 saturated heterocycles. The van der Waals surface area contributed by atoms with Crippen LogP contribution in [0.2, 0.25) is 20.1 Å². The van der Waals surface area contributed by atoms with Crippen molar-refractivity contribution in [2.24, 2.45) is 0 Å². The zero-order chi connectivity index (χ0) is 22.3. The Bertz CT molecular complexity index is 1040. The van der Waals surface area contributed by atoms with Crippen LogP contribution in [0, 0.1) is 0 Å². The van der Waals surface area contributed by atoms with E-state index in [1.807, 2.05) is 6.92 Å². The van der Waals surface area contributed by atoms with Gasteiger partial charge in [0.1, 0.15) is 21.7 Å². The molecule has 1 aliphatic heterocycles. The number of phenolic OH excluding ortho intramolecular Hbond substituents is 2. The molecule has 0 saturated carbocycles. The normalized spacial score (nSPS) is 15.2. The van der Waals surface area contributed by atoms with Crippen molar-refractivity contribution in [1.82, 2.24) is 0 Å². The van der Waals surface area contributed by atoms with Gasteiger partial charge in [-0.1, -0.05) is 66.7 Å². The maximum atomic E-state index is 12.6. The third-order valence-corrected chi connectivity index (χ3v) is 6.25. The van der Waals surface area contributed by atoms with Gasteiger partial charge in [-0.2, -0.15) is 0 Å². The van der Waals surface area contributed by atoms with Crippen molar-refractivity contribution < 1.29 is 29.2 Å². The third kappa shape index (κ3) is 3.50. The number of ether oxygens (including phenoxy) is 3. The highest BCUT2D eigenvalue weighted by Crippen LogP contribution is 2.55. The molecule has 0 bridgehead atoms. The summed E-state index contributed by atoms with van der Waals surface area (Å²) in [6.45, 7) is 3.70. The molecule has 2 aromatic carbocycles. The molecule has 10 heteroatoms. The van der Waals surface area contributed by atoms with Crippen LogP contribution in [-0.4, -0.2) is 23.3 Å². The summed E-state index contributed by atoms with van der Waals surface area (Å²) in [5, 5.41) is 20.7. The van der Waals surface area contributed by atoms with E-state index in [-0.39, 0.29) is 48.5 Å². The Kier molecular flexibility index (Phi) is 6.72. The number of phenols is 2. The summed E-state index contributed by atoms with van der Waals surface area (Å²) in [7, 11) is 1.37. The molecule has 0 spiro atoms. The lowest BCUT2D eigenvalue weighted by Crippen LogP contribution is -2.03. The van der Waals surface area contributed by atoms with Gasteiger partial charge in [-0.3, -0.25) is 0 Å². The summed E-state index contributed by atoms with van der Waals surface area (Å²) in [5.74, 6) is -1.85. The van der Waals surface area contributed by atoms with Gasteiger partial charge in [-0.15, -0.1) is 0 Å². The minimum Gasteiger partial charge on any atom is -0.505 e. The van der Waals surface area contributed by atoms with Crippen LogP contribution in [0.3, 0.4) is 0 Å². The second-order valence-corrected chi connectivity index (χ2v) is 8.08. The first-order valence-electron chi connectivity index (χ1n) is 9.08. The van der Waals surface area contributed by atoms with Crippen LogP contribution in [0.4, 0.5) is 0 Å². The number of carbonyl (C=O) groups is 1. The second-order valence-electron chi connectivity index (χ2n) is 6.57. The van der Waals surface area contributed by atoms with E-state index in [4.69, 9.17) is 60.6 Å². The highest BCUT2D eigenvalue weighted by molar-refractivity contribution is 6.40. The number of aromatic hydroxyl groups is 2. The van der Waals surface area contributed by atoms with Crippen molar-refractivity contribution in [3.8, 4) is 28.7 Å². The molecule has 162 valence electrons. The molecule has 2 N–H and O–H groups in total. The van der Waals surface area contributed by atoms with Gasteiger partial charge in [-0.05, 0) is 12.8 Å². The molecule has 1 heterocycles. The Morgan fingerprint density at radius 1 is 0.933 bits per heavy atom. The molecule has 1 aliphatic rings. The van der Waals surface area contributed by atoms with Crippen LogP contribution in [0.5, 0.6) is 28.7 Å². The van der Waals surface area contributed by atoms with E-state index in [1.54, 1.807) is 6.92 Å². The SMILES string of the molecule is CCCc1c(Cl)c(OC)c(Cl)c(O)c1Oc1c(Cl)c(O)c(Cl)c2c1C(=O)O[C@@H]2CC. The molecule has 0 aromatic heterocycles. The van der Waals surface area contributed by atoms with Gasteiger partial charge in [0, 0.05) is 11.1 Å². The topological polar surface area (TPSA) is 85.2 Å². The largest absolute Gasteiger partial charge is 0.505 e. The molecule has 0 amide bonds. The van der Waals surface area contributed by atoms with Crippen LogP contribution >= 0.6 is 46.4 Å². The number of fused-ring (bicyclic) bond motifs is 1. The Morgan fingerprint density at radius 2 is 1.57 bits per heavy atom. The fraction of sp³-hybridized carbons (Fsp3) is 0.350. The molecule has 6 nitrogen and oxygen atoms in total. The Hall–Kier alpha value is -1.73. The van der Waals surface area contributed by atoms with Crippen molar-refractivity contribution in [2.45, 2.75) is 39.2 Å². The van der Waals surface area contributed by atoms with Gasteiger partial charge in [0.2, 0.25) is 0 Å². The van der Waals surface area contributed by atoms with Crippen LogP contribution < -0.4 is 9.47 Å². The van der Waals surface area contributed by atoms with Crippen molar-refractivity contribution in [1.29, 1.82) is 0 Å². The minimum atomic E-state index is -0.710. The number of rotatable bonds is 6. The van der Waals surface area contributed by atoms with Gasteiger partial charge >= 0.3 is 5.97 Å². The van der Waals surface area contributed by atoms with Crippen LogP contribution in [0.25, 0.3) is 0 Å². The lowest BCUT2D eigenvalue weighted by Gasteiger charge is -2.20. The molecule has 0 aliphatic carbocycles. The van der Waals surface area contributed by atoms with Crippen molar-refractivity contribution in [3.63, 3.8) is 0 Å². The Balaban J connectivity index is 2.30. The van der Waals surface area contributed by atoms with E-state index >= 15 is 0 Å². The third-order valence-electron chi connectivity index (χ3n) is 4.76. The molecular weight excluding hydrogens is 478 g/mol. The maximum absolute atomic E-state index is 12.6. The molecule has 0 fully saturated rings. The van der Waals surface area contributed by atoms with E-state index in [0.29, 0.717) is 24.8 Å². The average Bonchev–Trinajstić information content (AvgIpc) is 3.06. The predicted molar refractivity (Wildman–Crippen MR) is 115 cm³/mol. The van der Waals surface area contributed by atoms with Gasteiger partial charge in [0.25, 0.3) is 0 Å². The molecule has 2 aromatic rings. The average molecular weight is 496 g/mol. The zero-order valence-corrected chi connectivity index (χ0v) is 19.3. The first kappa shape index (κ1) is 22.9. The smallest absolute Gasteiger partial charge is 0.343 e. The van der Waals surface area contributed by atoms with E-state index in [1.165, 1.54) is 7.11 Å². The number of hydrogen-bond donors (Lipinski definition) is 2. The summed E-state index contributed by atoms with van der Waals surface area (Å²) in [4.78, 5) is 12.6. The molecule has 1 atom stereocenters. The van der Waals surface area contributed by atoms with Crippen LogP contribution in [0.15, 0.2) is 0 Å². The van der Waals surface area contributed by atoms with Gasteiger partial charge in [0.15, 0.2) is 28.7 Å². The molecule has 3 rings (SSSR count). The van der Waals surface area contributed by atoms with Crippen molar-refractivity contribution in [3.05, 3.63) is 36.8 Å². The predicted octanol–water partition coefficient (Wildman–Crippen LogP) is 7.09. The number of hydrogen-bond acceptors (Lipinski definition) is 6. The number of methoxy groups -OCH3 is 1. The molecule has 30 heavy (non-hydrogen) atoms. The van der Waals surface area contributed by atoms with Crippen molar-refractivity contribution >= 4 is 52.4 Å². The van der Waals surface area contributed by atoms with Gasteiger partial charge in [-0.25, -0.2) is 4.79 Å². The number of cyclic esters (lactones) is 1. The lowest BCUT2D eigenvalue weighted by molar-refractivity contribution is 0.0377. The van der Waals surface area contributed by atoms with Crippen LogP contribution in [-0.2, 0) is 11.2 Å².